The number of pyridine rings is 1. The Morgan fingerprint density at radius 3 is 2.39 bits per heavy atom. The summed E-state index contributed by atoms with van der Waals surface area (Å²) in [4.78, 5) is 24.7. The lowest BCUT2D eigenvalue weighted by molar-refractivity contribution is 0.0696. The normalized spacial score (nSPS) is 11.2. The molecule has 0 spiro atoms. The molecule has 0 aliphatic carbocycles. The molecule has 0 unspecified atom stereocenters. The van der Waals surface area contributed by atoms with E-state index in [-0.39, 0.29) is 18.0 Å². The lowest BCUT2D eigenvalue weighted by Gasteiger charge is -2.13. The maximum absolute atomic E-state index is 13.6. The van der Waals surface area contributed by atoms with Crippen molar-refractivity contribution in [3.05, 3.63) is 131 Å². The molecule has 0 bridgehead atoms. The van der Waals surface area contributed by atoms with Crippen molar-refractivity contribution in [2.24, 2.45) is 0 Å². The fourth-order valence-electron chi connectivity index (χ4n) is 4.73. The maximum Gasteiger partial charge on any atom is 0.335 e. The molecule has 38 heavy (non-hydrogen) atoms. The molecule has 2 N–H and O–H groups in total. The Morgan fingerprint density at radius 1 is 0.842 bits per heavy atom. The average molecular weight is 518 g/mol. The molecule has 3 aromatic heterocycles. The molecule has 0 aliphatic heterocycles. The third kappa shape index (κ3) is 4.67. The summed E-state index contributed by atoms with van der Waals surface area (Å²) in [7, 11) is 0. The van der Waals surface area contributed by atoms with Crippen molar-refractivity contribution in [2.45, 2.75) is 13.0 Å². The van der Waals surface area contributed by atoms with E-state index in [0.717, 1.165) is 27.9 Å². The highest BCUT2D eigenvalue weighted by Crippen LogP contribution is 2.27. The van der Waals surface area contributed by atoms with Crippen LogP contribution in [0.2, 0.25) is 0 Å². The van der Waals surface area contributed by atoms with Gasteiger partial charge < -0.3 is 14.8 Å². The van der Waals surface area contributed by atoms with Gasteiger partial charge in [0.15, 0.2) is 0 Å². The summed E-state index contributed by atoms with van der Waals surface area (Å²) in [5.41, 5.74) is 6.57. The van der Waals surface area contributed by atoms with Crippen LogP contribution in [0.15, 0.2) is 103 Å². The van der Waals surface area contributed by atoms with Crippen LogP contribution in [0.4, 0.5) is 0 Å². The average Bonchev–Trinajstić information content (AvgIpc) is 3.62. The molecule has 1 amide bonds. The summed E-state index contributed by atoms with van der Waals surface area (Å²) >= 11 is 1.37. The van der Waals surface area contributed by atoms with Crippen LogP contribution in [0.1, 0.15) is 37.7 Å². The van der Waals surface area contributed by atoms with Gasteiger partial charge in [-0.2, -0.15) is 0 Å². The minimum absolute atomic E-state index is 0.210. The van der Waals surface area contributed by atoms with Crippen molar-refractivity contribution in [1.29, 1.82) is 0 Å². The summed E-state index contributed by atoms with van der Waals surface area (Å²) in [6.07, 6.45) is 2.48. The number of hydrogen-bond acceptors (Lipinski definition) is 4. The van der Waals surface area contributed by atoms with Crippen LogP contribution in [-0.4, -0.2) is 25.8 Å². The number of fused-ring (bicyclic) bond motifs is 2. The second-order valence-electron chi connectivity index (χ2n) is 9.17. The number of rotatable bonds is 7. The number of amides is 1. The zero-order chi connectivity index (χ0) is 26.1. The summed E-state index contributed by atoms with van der Waals surface area (Å²) in [5, 5.41) is 16.5. The third-order valence-corrected chi connectivity index (χ3v) is 7.27. The van der Waals surface area contributed by atoms with Gasteiger partial charge in [0.1, 0.15) is 5.69 Å². The molecule has 6 aromatic rings. The highest BCUT2D eigenvalue weighted by Gasteiger charge is 2.17. The maximum atomic E-state index is 13.6. The topological polar surface area (TPSA) is 83.7 Å². The number of nitrogens with zero attached hydrogens (tertiary/aromatic N) is 2. The number of aromatic nitrogens is 2. The summed E-state index contributed by atoms with van der Waals surface area (Å²) < 4.78 is 6.24. The Balaban J connectivity index is 1.35. The Bertz CT molecular complexity index is 1790. The number of nitrogens with one attached hydrogen (secondary N) is 1. The molecule has 3 aromatic carbocycles. The monoisotopic (exact) mass is 517 g/mol. The number of benzene rings is 3. The molecule has 0 fully saturated rings. The number of carbonyl (C=O) groups excluding carboxylic acids is 1. The number of hydrogen-bond donors (Lipinski definition) is 2. The van der Waals surface area contributed by atoms with E-state index in [1.54, 1.807) is 30.5 Å². The Morgan fingerprint density at radius 2 is 1.63 bits per heavy atom. The van der Waals surface area contributed by atoms with E-state index in [0.29, 0.717) is 12.1 Å². The van der Waals surface area contributed by atoms with Crippen molar-refractivity contribution in [3.8, 4) is 11.1 Å². The largest absolute Gasteiger partial charge is 0.478 e. The van der Waals surface area contributed by atoms with E-state index in [2.05, 4.69) is 52.2 Å². The molecule has 7 heteroatoms. The number of carbonyl (C=O) groups is 2. The second-order valence-corrected chi connectivity index (χ2v) is 9.83. The van der Waals surface area contributed by atoms with E-state index >= 15 is 0 Å². The number of carboxylic acid groups (broad SMARTS) is 1. The predicted molar refractivity (Wildman–Crippen MR) is 150 cm³/mol. The molecule has 0 atom stereocenters. The fourth-order valence-corrected chi connectivity index (χ4v) is 5.28. The summed E-state index contributed by atoms with van der Waals surface area (Å²) in [5.74, 6) is -1.19. The molecule has 0 radical (unpaired) electrons. The van der Waals surface area contributed by atoms with Gasteiger partial charge in [0.25, 0.3) is 5.91 Å². The van der Waals surface area contributed by atoms with Crippen molar-refractivity contribution in [1.82, 2.24) is 14.1 Å². The summed E-state index contributed by atoms with van der Waals surface area (Å²) in [6.45, 7) is 0.283. The van der Waals surface area contributed by atoms with Crippen LogP contribution < -0.4 is 5.32 Å². The van der Waals surface area contributed by atoms with Gasteiger partial charge in [0.05, 0.1) is 5.56 Å². The molecule has 0 saturated carbocycles. The van der Waals surface area contributed by atoms with Gasteiger partial charge in [-0.1, -0.05) is 54.6 Å². The van der Waals surface area contributed by atoms with Gasteiger partial charge in [-0.25, -0.2) is 9.17 Å². The summed E-state index contributed by atoms with van der Waals surface area (Å²) in [6, 6.07) is 29.4. The van der Waals surface area contributed by atoms with Gasteiger partial charge in [-0.3, -0.25) is 4.79 Å². The SMILES string of the molecule is O=C(O)c1ccc(CNC(=O)c2cc(-c3cnsc3)cc3ccc(Cc4ccc5ccccc5c4)n23)cc1. The molecule has 186 valence electrons. The van der Waals surface area contributed by atoms with Crippen LogP contribution in [0, 0.1) is 0 Å². The first-order valence-electron chi connectivity index (χ1n) is 12.2. The zero-order valence-corrected chi connectivity index (χ0v) is 21.1. The number of aromatic carboxylic acids is 1. The van der Waals surface area contributed by atoms with E-state index in [1.807, 2.05) is 34.0 Å². The highest BCUT2D eigenvalue weighted by molar-refractivity contribution is 7.03. The fraction of sp³-hybridized carbons (Fsp3) is 0.0645. The quantitative estimate of drug-likeness (QED) is 0.255. The van der Waals surface area contributed by atoms with Crippen molar-refractivity contribution in [2.75, 3.05) is 0 Å². The van der Waals surface area contributed by atoms with E-state index in [4.69, 9.17) is 5.11 Å². The standard InChI is InChI=1S/C31H23N3O3S/c35-30(32-17-20-5-9-23(10-6-20)31(36)37)29-16-25(26-18-33-38-19-26)15-28-12-11-27(34(28)29)14-21-7-8-22-3-1-2-4-24(22)13-21/h1-13,15-16,18-19H,14,17H2,(H,32,35)(H,36,37). The first-order valence-corrected chi connectivity index (χ1v) is 13.0. The van der Waals surface area contributed by atoms with Crippen LogP contribution in [0.5, 0.6) is 0 Å². The van der Waals surface area contributed by atoms with E-state index in [9.17, 15) is 9.59 Å². The Kier molecular flexibility index (Phi) is 6.19. The van der Waals surface area contributed by atoms with Gasteiger partial charge in [-0.15, -0.1) is 0 Å². The van der Waals surface area contributed by atoms with Crippen LogP contribution in [-0.2, 0) is 13.0 Å². The van der Waals surface area contributed by atoms with E-state index in [1.165, 1.54) is 27.9 Å². The minimum atomic E-state index is -0.978. The van der Waals surface area contributed by atoms with E-state index < -0.39 is 5.97 Å². The molecule has 6 rings (SSSR count). The number of carboxylic acids is 1. The smallest absolute Gasteiger partial charge is 0.335 e. The van der Waals surface area contributed by atoms with Gasteiger partial charge in [0, 0.05) is 41.3 Å². The van der Waals surface area contributed by atoms with Crippen molar-refractivity contribution in [3.63, 3.8) is 0 Å². The molecule has 0 aliphatic rings. The van der Waals surface area contributed by atoms with Crippen molar-refractivity contribution >= 4 is 39.7 Å². The first kappa shape index (κ1) is 23.6. The molecule has 3 heterocycles. The van der Waals surface area contributed by atoms with Gasteiger partial charge in [-0.05, 0) is 75.4 Å². The molecular weight excluding hydrogens is 494 g/mol. The minimum Gasteiger partial charge on any atom is -0.478 e. The van der Waals surface area contributed by atoms with Crippen LogP contribution in [0.25, 0.3) is 27.4 Å². The second kappa shape index (κ2) is 9.95. The Hall–Kier alpha value is -4.75. The zero-order valence-electron chi connectivity index (χ0n) is 20.3. The van der Waals surface area contributed by atoms with Crippen LogP contribution in [0.3, 0.4) is 0 Å². The van der Waals surface area contributed by atoms with Crippen molar-refractivity contribution < 1.29 is 14.7 Å². The molecular formula is C31H23N3O3S. The lowest BCUT2D eigenvalue weighted by atomic mass is 10.0. The third-order valence-electron chi connectivity index (χ3n) is 6.68. The molecule has 6 nitrogen and oxygen atoms in total. The Labute approximate surface area is 223 Å². The van der Waals surface area contributed by atoms with Crippen LogP contribution >= 0.6 is 11.5 Å². The predicted octanol–water partition coefficient (Wildman–Crippen LogP) is 6.44. The van der Waals surface area contributed by atoms with Gasteiger partial charge >= 0.3 is 5.97 Å². The highest BCUT2D eigenvalue weighted by atomic mass is 32.1. The first-order chi connectivity index (χ1) is 18.5. The molecule has 0 saturated heterocycles. The van der Waals surface area contributed by atoms with Gasteiger partial charge in [0.2, 0.25) is 0 Å². The lowest BCUT2D eigenvalue weighted by Crippen LogP contribution is -2.25.